The van der Waals surface area contributed by atoms with Crippen molar-refractivity contribution in [1.29, 1.82) is 0 Å². The van der Waals surface area contributed by atoms with Gasteiger partial charge in [0.25, 0.3) is 5.91 Å². The molecule has 3 heteroatoms. The molecule has 0 spiro atoms. The summed E-state index contributed by atoms with van der Waals surface area (Å²) in [6, 6.07) is 5.09. The topological polar surface area (TPSA) is 40.5 Å². The second kappa shape index (κ2) is 8.06. The van der Waals surface area contributed by atoms with E-state index in [-0.39, 0.29) is 11.7 Å². The van der Waals surface area contributed by atoms with E-state index < -0.39 is 0 Å². The maximum atomic E-state index is 12.7. The Morgan fingerprint density at radius 1 is 1.10 bits per heavy atom. The molecule has 21 heavy (non-hydrogen) atoms. The quantitative estimate of drug-likeness (QED) is 0.816. The number of carbonyl (C=O) groups excluding carboxylic acids is 1. The Bertz CT molecular complexity index is 454. The molecule has 0 fully saturated rings. The molecular weight excluding hydrogens is 262 g/mol. The Balaban J connectivity index is 2.83. The van der Waals surface area contributed by atoms with Crippen molar-refractivity contribution >= 4 is 5.91 Å². The van der Waals surface area contributed by atoms with E-state index in [4.69, 9.17) is 0 Å². The molecule has 1 rings (SSSR count). The zero-order chi connectivity index (χ0) is 16.0. The first kappa shape index (κ1) is 17.5. The second-order valence-electron chi connectivity index (χ2n) is 6.66. The Kier molecular flexibility index (Phi) is 6.73. The van der Waals surface area contributed by atoms with E-state index in [0.717, 1.165) is 31.5 Å². The van der Waals surface area contributed by atoms with Crippen molar-refractivity contribution < 1.29 is 9.90 Å². The van der Waals surface area contributed by atoms with Crippen LogP contribution in [0.3, 0.4) is 0 Å². The second-order valence-corrected chi connectivity index (χ2v) is 6.66. The van der Waals surface area contributed by atoms with Gasteiger partial charge in [0.15, 0.2) is 0 Å². The summed E-state index contributed by atoms with van der Waals surface area (Å²) >= 11 is 0. The predicted octanol–water partition coefficient (Wildman–Crippen LogP) is 4.24. The number of phenolic OH excluding ortho intramolecular Hbond substituents is 1. The highest BCUT2D eigenvalue weighted by Gasteiger charge is 2.17. The number of aromatic hydroxyl groups is 1. The van der Waals surface area contributed by atoms with Gasteiger partial charge in [-0.1, -0.05) is 27.7 Å². The minimum Gasteiger partial charge on any atom is -0.508 e. The monoisotopic (exact) mass is 291 g/mol. The van der Waals surface area contributed by atoms with Gasteiger partial charge in [0, 0.05) is 18.7 Å². The van der Waals surface area contributed by atoms with Crippen molar-refractivity contribution in [2.24, 2.45) is 11.8 Å². The lowest BCUT2D eigenvalue weighted by molar-refractivity contribution is 0.0740. The summed E-state index contributed by atoms with van der Waals surface area (Å²) in [6.45, 7) is 12.1. The van der Waals surface area contributed by atoms with Gasteiger partial charge in [-0.25, -0.2) is 0 Å². The average molecular weight is 291 g/mol. The van der Waals surface area contributed by atoms with Gasteiger partial charge in [0.2, 0.25) is 0 Å². The molecule has 0 unspecified atom stereocenters. The summed E-state index contributed by atoms with van der Waals surface area (Å²) in [7, 11) is 0. The van der Waals surface area contributed by atoms with Crippen molar-refractivity contribution in [3.8, 4) is 5.75 Å². The lowest BCUT2D eigenvalue weighted by Crippen LogP contribution is -2.34. The summed E-state index contributed by atoms with van der Waals surface area (Å²) in [6.07, 6.45) is 2.03. The lowest BCUT2D eigenvalue weighted by atomic mass is 10.1. The van der Waals surface area contributed by atoms with E-state index in [1.165, 1.54) is 0 Å². The summed E-state index contributed by atoms with van der Waals surface area (Å²) in [5, 5.41) is 9.59. The molecule has 0 aliphatic carbocycles. The molecule has 1 aromatic rings. The van der Waals surface area contributed by atoms with Crippen LogP contribution in [0.15, 0.2) is 18.2 Å². The normalized spacial score (nSPS) is 11.2. The van der Waals surface area contributed by atoms with Crippen LogP contribution >= 0.6 is 0 Å². The van der Waals surface area contributed by atoms with Crippen molar-refractivity contribution in [3.05, 3.63) is 29.3 Å². The third kappa shape index (κ3) is 5.78. The molecule has 118 valence electrons. The standard InChI is InChI=1S/C18H29NO2/c1-13(2)8-10-19(11-9-14(3)4)18(21)16-6-7-17(20)15(5)12-16/h6-7,12-14,20H,8-11H2,1-5H3. The number of rotatable bonds is 7. The van der Waals surface area contributed by atoms with E-state index in [0.29, 0.717) is 17.4 Å². The van der Waals surface area contributed by atoms with Crippen LogP contribution in [-0.4, -0.2) is 29.0 Å². The molecule has 0 aromatic heterocycles. The zero-order valence-electron chi connectivity index (χ0n) is 14.0. The Labute approximate surface area is 129 Å². The van der Waals surface area contributed by atoms with Gasteiger partial charge in [-0.3, -0.25) is 4.79 Å². The Hall–Kier alpha value is -1.51. The molecule has 3 nitrogen and oxygen atoms in total. The van der Waals surface area contributed by atoms with Crippen LogP contribution < -0.4 is 0 Å². The molecule has 0 saturated carbocycles. The van der Waals surface area contributed by atoms with Crippen molar-refractivity contribution in [3.63, 3.8) is 0 Å². The summed E-state index contributed by atoms with van der Waals surface area (Å²) in [5.74, 6) is 1.48. The SMILES string of the molecule is Cc1cc(C(=O)N(CCC(C)C)CCC(C)C)ccc1O. The first-order chi connectivity index (χ1) is 9.81. The molecule has 1 N–H and O–H groups in total. The molecule has 0 radical (unpaired) electrons. The Morgan fingerprint density at radius 2 is 1.62 bits per heavy atom. The van der Waals surface area contributed by atoms with Crippen LogP contribution in [0.5, 0.6) is 5.75 Å². The zero-order valence-corrected chi connectivity index (χ0v) is 14.0. The van der Waals surface area contributed by atoms with Crippen LogP contribution in [0.4, 0.5) is 0 Å². The van der Waals surface area contributed by atoms with Gasteiger partial charge in [-0.2, -0.15) is 0 Å². The fourth-order valence-corrected chi connectivity index (χ4v) is 2.11. The molecule has 0 atom stereocenters. The first-order valence-corrected chi connectivity index (χ1v) is 7.90. The van der Waals surface area contributed by atoms with Crippen molar-refractivity contribution in [1.82, 2.24) is 4.90 Å². The van der Waals surface area contributed by atoms with Crippen LogP contribution in [0.25, 0.3) is 0 Å². The maximum Gasteiger partial charge on any atom is 0.253 e. The van der Waals surface area contributed by atoms with E-state index in [1.807, 2.05) is 11.8 Å². The third-order valence-electron chi connectivity index (χ3n) is 3.68. The van der Waals surface area contributed by atoms with Gasteiger partial charge in [-0.05, 0) is 55.4 Å². The third-order valence-corrected chi connectivity index (χ3v) is 3.68. The smallest absolute Gasteiger partial charge is 0.253 e. The summed E-state index contributed by atoms with van der Waals surface area (Å²) < 4.78 is 0. The van der Waals surface area contributed by atoms with Crippen LogP contribution in [0, 0.1) is 18.8 Å². The fourth-order valence-electron chi connectivity index (χ4n) is 2.11. The van der Waals surface area contributed by atoms with Crippen LogP contribution in [-0.2, 0) is 0 Å². The number of carbonyl (C=O) groups is 1. The van der Waals surface area contributed by atoms with Crippen LogP contribution in [0.1, 0.15) is 56.5 Å². The maximum absolute atomic E-state index is 12.7. The number of hydrogen-bond acceptors (Lipinski definition) is 2. The highest BCUT2D eigenvalue weighted by Crippen LogP contribution is 2.19. The molecule has 0 saturated heterocycles. The highest BCUT2D eigenvalue weighted by atomic mass is 16.3. The molecular formula is C18H29NO2. The van der Waals surface area contributed by atoms with E-state index in [1.54, 1.807) is 18.2 Å². The first-order valence-electron chi connectivity index (χ1n) is 7.90. The molecule has 1 aromatic carbocycles. The molecule has 0 bridgehead atoms. The van der Waals surface area contributed by atoms with Crippen molar-refractivity contribution in [2.45, 2.75) is 47.5 Å². The molecule has 0 heterocycles. The van der Waals surface area contributed by atoms with Crippen molar-refractivity contribution in [2.75, 3.05) is 13.1 Å². The fraction of sp³-hybridized carbons (Fsp3) is 0.611. The number of phenols is 1. The van der Waals surface area contributed by atoms with Gasteiger partial charge in [0.1, 0.15) is 5.75 Å². The predicted molar refractivity (Wildman–Crippen MR) is 87.7 cm³/mol. The van der Waals surface area contributed by atoms with Gasteiger partial charge >= 0.3 is 0 Å². The summed E-state index contributed by atoms with van der Waals surface area (Å²) in [4.78, 5) is 14.6. The van der Waals surface area contributed by atoms with E-state index >= 15 is 0 Å². The van der Waals surface area contributed by atoms with E-state index in [9.17, 15) is 9.90 Å². The Morgan fingerprint density at radius 3 is 2.05 bits per heavy atom. The number of benzene rings is 1. The lowest BCUT2D eigenvalue weighted by Gasteiger charge is -2.25. The van der Waals surface area contributed by atoms with Gasteiger partial charge in [-0.15, -0.1) is 0 Å². The molecule has 1 amide bonds. The minimum absolute atomic E-state index is 0.0689. The van der Waals surface area contributed by atoms with Gasteiger partial charge in [0.05, 0.1) is 0 Å². The number of hydrogen-bond donors (Lipinski definition) is 1. The largest absolute Gasteiger partial charge is 0.508 e. The number of aryl methyl sites for hydroxylation is 1. The van der Waals surface area contributed by atoms with Gasteiger partial charge < -0.3 is 10.0 Å². The molecule has 0 aliphatic rings. The number of amides is 1. The highest BCUT2D eigenvalue weighted by molar-refractivity contribution is 5.94. The van der Waals surface area contributed by atoms with Crippen LogP contribution in [0.2, 0.25) is 0 Å². The minimum atomic E-state index is 0.0689. The average Bonchev–Trinajstić information content (AvgIpc) is 2.40. The number of nitrogens with zero attached hydrogens (tertiary/aromatic N) is 1. The summed E-state index contributed by atoms with van der Waals surface area (Å²) in [5.41, 5.74) is 1.41. The van der Waals surface area contributed by atoms with E-state index in [2.05, 4.69) is 27.7 Å². The molecule has 0 aliphatic heterocycles.